The lowest BCUT2D eigenvalue weighted by Gasteiger charge is -2.28. The Bertz CT molecular complexity index is 545. The average molecular weight is 291 g/mol. The number of hydrogen-bond acceptors (Lipinski definition) is 4. The fourth-order valence-electron chi connectivity index (χ4n) is 2.68. The van der Waals surface area contributed by atoms with E-state index in [1.165, 1.54) is 6.07 Å². The van der Waals surface area contributed by atoms with E-state index in [4.69, 9.17) is 0 Å². The van der Waals surface area contributed by atoms with Gasteiger partial charge in [-0.3, -0.25) is 14.9 Å². The molecule has 1 aliphatic heterocycles. The molecule has 0 aliphatic carbocycles. The van der Waals surface area contributed by atoms with Crippen LogP contribution in [0.5, 0.6) is 0 Å². The molecule has 1 aliphatic rings. The second kappa shape index (κ2) is 6.67. The third kappa shape index (κ3) is 3.78. The minimum absolute atomic E-state index is 0.0239. The minimum Gasteiger partial charge on any atom is -0.324 e. The lowest BCUT2D eigenvalue weighted by atomic mass is 9.90. The Morgan fingerprint density at radius 3 is 2.95 bits per heavy atom. The number of nitro groups is 1. The van der Waals surface area contributed by atoms with Crippen molar-refractivity contribution in [3.8, 4) is 0 Å². The minimum atomic E-state index is -0.434. The van der Waals surface area contributed by atoms with Crippen molar-refractivity contribution >= 4 is 17.3 Å². The maximum atomic E-state index is 12.3. The molecule has 6 heteroatoms. The van der Waals surface area contributed by atoms with E-state index >= 15 is 0 Å². The summed E-state index contributed by atoms with van der Waals surface area (Å²) in [6, 6.07) is 4.54. The zero-order valence-electron chi connectivity index (χ0n) is 12.4. The van der Waals surface area contributed by atoms with Crippen molar-refractivity contribution in [3.63, 3.8) is 0 Å². The summed E-state index contributed by atoms with van der Waals surface area (Å²) in [5.74, 6) is 0.445. The molecular weight excluding hydrogens is 270 g/mol. The predicted octanol–water partition coefficient (Wildman–Crippen LogP) is 2.62. The number of carbonyl (C=O) groups excluding carboxylic acids is 1. The van der Waals surface area contributed by atoms with Crippen LogP contribution in [0.2, 0.25) is 0 Å². The molecule has 1 aromatic carbocycles. The highest BCUT2D eigenvalue weighted by molar-refractivity contribution is 5.95. The van der Waals surface area contributed by atoms with E-state index in [0.29, 0.717) is 17.2 Å². The zero-order valence-corrected chi connectivity index (χ0v) is 12.4. The zero-order chi connectivity index (χ0) is 15.4. The predicted molar refractivity (Wildman–Crippen MR) is 81.3 cm³/mol. The van der Waals surface area contributed by atoms with Crippen LogP contribution in [0.3, 0.4) is 0 Å². The standard InChI is InChI=1S/C15H21N3O3/c1-3-11-6-7-16-13(8-11)15(19)17-12-5-4-10(2)14(9-12)18(20)21/h4-5,9,11,13,16H,3,6-8H2,1-2H3,(H,17,19). The fraction of sp³-hybridized carbons (Fsp3) is 0.533. The number of benzene rings is 1. The number of hydrogen-bond donors (Lipinski definition) is 2. The first-order valence-electron chi connectivity index (χ1n) is 7.30. The summed E-state index contributed by atoms with van der Waals surface area (Å²) in [5, 5.41) is 16.9. The topological polar surface area (TPSA) is 84.3 Å². The van der Waals surface area contributed by atoms with E-state index in [2.05, 4.69) is 17.6 Å². The Hall–Kier alpha value is -1.95. The smallest absolute Gasteiger partial charge is 0.274 e. The summed E-state index contributed by atoms with van der Waals surface area (Å²) in [7, 11) is 0. The molecule has 1 heterocycles. The molecule has 1 saturated heterocycles. The van der Waals surface area contributed by atoms with Crippen molar-refractivity contribution in [3.05, 3.63) is 33.9 Å². The van der Waals surface area contributed by atoms with Crippen molar-refractivity contribution in [2.45, 2.75) is 39.2 Å². The average Bonchev–Trinajstić information content (AvgIpc) is 2.49. The summed E-state index contributed by atoms with van der Waals surface area (Å²) in [4.78, 5) is 22.7. The molecule has 0 spiro atoms. The van der Waals surface area contributed by atoms with Gasteiger partial charge < -0.3 is 10.6 Å². The number of aryl methyl sites for hydroxylation is 1. The summed E-state index contributed by atoms with van der Waals surface area (Å²) >= 11 is 0. The van der Waals surface area contributed by atoms with E-state index in [9.17, 15) is 14.9 Å². The van der Waals surface area contributed by atoms with Crippen LogP contribution in [-0.2, 0) is 4.79 Å². The molecule has 1 fully saturated rings. The number of nitro benzene ring substituents is 1. The van der Waals surface area contributed by atoms with Gasteiger partial charge in [-0.1, -0.05) is 19.4 Å². The Labute approximate surface area is 124 Å². The van der Waals surface area contributed by atoms with Crippen LogP contribution in [0.25, 0.3) is 0 Å². The maximum absolute atomic E-state index is 12.3. The van der Waals surface area contributed by atoms with E-state index in [1.54, 1.807) is 19.1 Å². The molecule has 0 aromatic heterocycles. The second-order valence-electron chi connectivity index (χ2n) is 5.55. The lowest BCUT2D eigenvalue weighted by molar-refractivity contribution is -0.385. The van der Waals surface area contributed by atoms with E-state index < -0.39 is 4.92 Å². The Balaban J connectivity index is 2.05. The van der Waals surface area contributed by atoms with Crippen molar-refractivity contribution in [2.24, 2.45) is 5.92 Å². The van der Waals surface area contributed by atoms with E-state index in [-0.39, 0.29) is 17.6 Å². The molecule has 0 saturated carbocycles. The van der Waals surface area contributed by atoms with Crippen LogP contribution in [0, 0.1) is 23.0 Å². The monoisotopic (exact) mass is 291 g/mol. The normalized spacial score (nSPS) is 21.8. The first-order valence-corrected chi connectivity index (χ1v) is 7.30. The number of nitrogens with zero attached hydrogens (tertiary/aromatic N) is 1. The van der Waals surface area contributed by atoms with Gasteiger partial charge >= 0.3 is 0 Å². The second-order valence-corrected chi connectivity index (χ2v) is 5.55. The highest BCUT2D eigenvalue weighted by atomic mass is 16.6. The van der Waals surface area contributed by atoms with Gasteiger partial charge in [-0.25, -0.2) is 0 Å². The van der Waals surface area contributed by atoms with Gasteiger partial charge in [-0.15, -0.1) is 0 Å². The lowest BCUT2D eigenvalue weighted by Crippen LogP contribution is -2.46. The van der Waals surface area contributed by atoms with Gasteiger partial charge in [0, 0.05) is 17.3 Å². The molecule has 2 rings (SSSR count). The van der Waals surface area contributed by atoms with Gasteiger partial charge in [0.05, 0.1) is 11.0 Å². The molecule has 1 aromatic rings. The molecule has 2 N–H and O–H groups in total. The van der Waals surface area contributed by atoms with Crippen LogP contribution in [0.4, 0.5) is 11.4 Å². The largest absolute Gasteiger partial charge is 0.324 e. The SMILES string of the molecule is CCC1CCNC(C(=O)Nc2ccc(C)c([N+](=O)[O-])c2)C1. The molecule has 0 radical (unpaired) electrons. The number of piperidine rings is 1. The Kier molecular flexibility index (Phi) is 4.90. The Morgan fingerprint density at radius 2 is 2.29 bits per heavy atom. The van der Waals surface area contributed by atoms with Gasteiger partial charge in [-0.2, -0.15) is 0 Å². The maximum Gasteiger partial charge on any atom is 0.274 e. The molecule has 1 amide bonds. The third-order valence-corrected chi connectivity index (χ3v) is 4.08. The summed E-state index contributed by atoms with van der Waals surface area (Å²) in [5.41, 5.74) is 1.08. The summed E-state index contributed by atoms with van der Waals surface area (Å²) < 4.78 is 0. The van der Waals surface area contributed by atoms with Crippen molar-refractivity contribution in [1.29, 1.82) is 0 Å². The van der Waals surface area contributed by atoms with E-state index in [0.717, 1.165) is 25.8 Å². The van der Waals surface area contributed by atoms with Gasteiger partial charge in [0.15, 0.2) is 0 Å². The van der Waals surface area contributed by atoms with Crippen molar-refractivity contribution < 1.29 is 9.72 Å². The molecule has 114 valence electrons. The first kappa shape index (κ1) is 15.4. The molecule has 2 unspecified atom stereocenters. The fourth-order valence-corrected chi connectivity index (χ4v) is 2.68. The van der Waals surface area contributed by atoms with Crippen molar-refractivity contribution in [1.82, 2.24) is 5.32 Å². The van der Waals surface area contributed by atoms with Crippen LogP contribution < -0.4 is 10.6 Å². The molecule has 2 atom stereocenters. The number of amides is 1. The summed E-state index contributed by atoms with van der Waals surface area (Å²) in [6.45, 7) is 4.65. The van der Waals surface area contributed by atoms with Crippen LogP contribution in [-0.4, -0.2) is 23.4 Å². The van der Waals surface area contributed by atoms with Crippen LogP contribution in [0.15, 0.2) is 18.2 Å². The first-order chi connectivity index (χ1) is 10.0. The van der Waals surface area contributed by atoms with Gasteiger partial charge in [0.25, 0.3) is 5.69 Å². The van der Waals surface area contributed by atoms with Gasteiger partial charge in [0.1, 0.15) is 0 Å². The van der Waals surface area contributed by atoms with E-state index in [1.807, 2.05) is 0 Å². The van der Waals surface area contributed by atoms with Crippen LogP contribution in [0.1, 0.15) is 31.7 Å². The number of carbonyl (C=O) groups is 1. The number of rotatable bonds is 4. The highest BCUT2D eigenvalue weighted by Crippen LogP contribution is 2.24. The van der Waals surface area contributed by atoms with Gasteiger partial charge in [-0.05, 0) is 38.3 Å². The Morgan fingerprint density at radius 1 is 1.52 bits per heavy atom. The molecule has 21 heavy (non-hydrogen) atoms. The summed E-state index contributed by atoms with van der Waals surface area (Å²) in [6.07, 6.45) is 2.98. The number of anilines is 1. The molecule has 0 bridgehead atoms. The molecular formula is C15H21N3O3. The number of nitrogens with one attached hydrogen (secondary N) is 2. The molecule has 6 nitrogen and oxygen atoms in total. The quantitative estimate of drug-likeness (QED) is 0.659. The third-order valence-electron chi connectivity index (χ3n) is 4.08. The highest BCUT2D eigenvalue weighted by Gasteiger charge is 2.26. The van der Waals surface area contributed by atoms with Crippen LogP contribution >= 0.6 is 0 Å². The van der Waals surface area contributed by atoms with Gasteiger partial charge in [0.2, 0.25) is 5.91 Å². The van der Waals surface area contributed by atoms with Crippen molar-refractivity contribution in [2.75, 3.05) is 11.9 Å².